The van der Waals surface area contributed by atoms with Gasteiger partial charge >= 0.3 is 5.97 Å². The summed E-state index contributed by atoms with van der Waals surface area (Å²) in [6.07, 6.45) is 4.98. The molecule has 25 heavy (non-hydrogen) atoms. The van der Waals surface area contributed by atoms with Gasteiger partial charge in [-0.1, -0.05) is 0 Å². The fourth-order valence-electron chi connectivity index (χ4n) is 3.23. The van der Waals surface area contributed by atoms with Gasteiger partial charge in [0.1, 0.15) is 0 Å². The van der Waals surface area contributed by atoms with E-state index >= 15 is 0 Å². The van der Waals surface area contributed by atoms with E-state index in [1.54, 1.807) is 0 Å². The minimum Gasteiger partial charge on any atom is -0.275 e. The number of rotatable bonds is 5. The summed E-state index contributed by atoms with van der Waals surface area (Å²) in [7, 11) is 0. The lowest BCUT2D eigenvalue weighted by Crippen LogP contribution is -2.37. The van der Waals surface area contributed by atoms with Crippen LogP contribution in [-0.2, 0) is 33.8 Å². The van der Waals surface area contributed by atoms with Crippen LogP contribution in [0.2, 0.25) is 0 Å². The predicted molar refractivity (Wildman–Crippen MR) is 79.6 cm³/mol. The first-order valence-electron chi connectivity index (χ1n) is 8.23. The predicted octanol–water partition coefficient (Wildman–Crippen LogP) is 0.257. The molecule has 2 aliphatic heterocycles. The van der Waals surface area contributed by atoms with Gasteiger partial charge in [0.25, 0.3) is 23.6 Å². The number of hydrogen-bond acceptors (Lipinski definition) is 7. The highest BCUT2D eigenvalue weighted by molar-refractivity contribution is 6.12. The Hall–Kier alpha value is -2.55. The van der Waals surface area contributed by atoms with Crippen molar-refractivity contribution in [3.63, 3.8) is 0 Å². The van der Waals surface area contributed by atoms with E-state index < -0.39 is 23.7 Å². The number of hydroxylamine groups is 2. The monoisotopic (exact) mass is 350 g/mol. The summed E-state index contributed by atoms with van der Waals surface area (Å²) in [5, 5.41) is 0.473. The van der Waals surface area contributed by atoms with Crippen molar-refractivity contribution in [3.05, 3.63) is 12.2 Å². The second-order valence-corrected chi connectivity index (χ2v) is 6.40. The van der Waals surface area contributed by atoms with Crippen LogP contribution in [0, 0.1) is 11.8 Å². The van der Waals surface area contributed by atoms with E-state index in [2.05, 4.69) is 9.88 Å². The van der Waals surface area contributed by atoms with Gasteiger partial charge in [0.2, 0.25) is 0 Å². The lowest BCUT2D eigenvalue weighted by Gasteiger charge is -2.29. The molecule has 0 aromatic heterocycles. The van der Waals surface area contributed by atoms with Crippen LogP contribution in [0.5, 0.6) is 0 Å². The Morgan fingerprint density at radius 3 is 2.08 bits per heavy atom. The Morgan fingerprint density at radius 1 is 0.960 bits per heavy atom. The van der Waals surface area contributed by atoms with Gasteiger partial charge in [-0.15, -0.1) is 5.06 Å². The third kappa shape index (κ3) is 3.76. The first-order chi connectivity index (χ1) is 12.0. The Morgan fingerprint density at radius 2 is 1.52 bits per heavy atom. The molecule has 0 atom stereocenters. The van der Waals surface area contributed by atoms with Crippen LogP contribution in [0.1, 0.15) is 38.5 Å². The molecular weight excluding hydrogens is 332 g/mol. The van der Waals surface area contributed by atoms with Crippen LogP contribution < -0.4 is 0 Å². The molecule has 1 saturated carbocycles. The van der Waals surface area contributed by atoms with E-state index in [0.717, 1.165) is 0 Å². The summed E-state index contributed by atoms with van der Waals surface area (Å²) in [6, 6.07) is 0. The van der Waals surface area contributed by atoms with Gasteiger partial charge in [-0.25, -0.2) is 4.79 Å². The van der Waals surface area contributed by atoms with E-state index in [9.17, 15) is 24.0 Å². The van der Waals surface area contributed by atoms with Crippen LogP contribution in [0.3, 0.4) is 0 Å². The van der Waals surface area contributed by atoms with Crippen molar-refractivity contribution in [2.75, 3.05) is 6.54 Å². The van der Waals surface area contributed by atoms with Crippen molar-refractivity contribution in [2.24, 2.45) is 11.8 Å². The molecule has 3 aliphatic rings. The van der Waals surface area contributed by atoms with Crippen LogP contribution >= 0.6 is 0 Å². The number of imide groups is 2. The number of nitrogens with zero attached hydrogens (tertiary/aromatic N) is 2. The maximum absolute atomic E-state index is 12.0. The van der Waals surface area contributed by atoms with Crippen molar-refractivity contribution >= 4 is 29.6 Å². The molecule has 134 valence electrons. The van der Waals surface area contributed by atoms with Crippen LogP contribution in [-0.4, -0.2) is 46.1 Å². The fourth-order valence-corrected chi connectivity index (χ4v) is 3.23. The van der Waals surface area contributed by atoms with E-state index in [0.29, 0.717) is 37.3 Å². The normalized spacial score (nSPS) is 26.7. The van der Waals surface area contributed by atoms with Crippen LogP contribution in [0.4, 0.5) is 0 Å². The molecule has 0 unspecified atom stereocenters. The minimum absolute atomic E-state index is 0.0459. The smallest absolute Gasteiger partial charge is 0.275 e. The van der Waals surface area contributed by atoms with Crippen molar-refractivity contribution < 1.29 is 33.8 Å². The quantitative estimate of drug-likeness (QED) is 0.397. The molecule has 0 radical (unpaired) electrons. The van der Waals surface area contributed by atoms with Gasteiger partial charge in [-0.05, 0) is 36.6 Å². The molecule has 4 amide bonds. The fraction of sp³-hybridized carbons (Fsp3) is 0.562. The zero-order valence-corrected chi connectivity index (χ0v) is 13.5. The molecular formula is C16H18N2O7. The minimum atomic E-state index is -0.624. The summed E-state index contributed by atoms with van der Waals surface area (Å²) in [5.41, 5.74) is 0. The maximum atomic E-state index is 12.0. The van der Waals surface area contributed by atoms with Gasteiger partial charge < -0.3 is 0 Å². The molecule has 9 nitrogen and oxygen atoms in total. The summed E-state index contributed by atoms with van der Waals surface area (Å²) in [6.45, 7) is 0.347. The largest absolute Gasteiger partial charge is 0.348 e. The highest BCUT2D eigenvalue weighted by Gasteiger charge is 2.35. The average molecular weight is 350 g/mol. The topological polar surface area (TPSA) is 110 Å². The third-order valence-corrected chi connectivity index (χ3v) is 4.72. The Kier molecular flexibility index (Phi) is 4.93. The lowest BCUT2D eigenvalue weighted by atomic mass is 9.82. The van der Waals surface area contributed by atoms with Gasteiger partial charge in [-0.3, -0.25) is 29.0 Å². The third-order valence-electron chi connectivity index (χ3n) is 4.72. The second kappa shape index (κ2) is 7.14. The van der Waals surface area contributed by atoms with Crippen molar-refractivity contribution in [2.45, 2.75) is 38.5 Å². The van der Waals surface area contributed by atoms with E-state index in [1.807, 2.05) is 0 Å². The molecule has 0 N–H and O–H groups in total. The zero-order chi connectivity index (χ0) is 18.0. The summed E-state index contributed by atoms with van der Waals surface area (Å²) >= 11 is 0. The lowest BCUT2D eigenvalue weighted by molar-refractivity contribution is -0.367. The van der Waals surface area contributed by atoms with Crippen LogP contribution in [0.15, 0.2) is 12.2 Å². The number of carbonyl (C=O) groups is 5. The molecule has 0 aromatic rings. The standard InChI is InChI=1S/C16H18N2O7/c19-12-5-6-13(20)17(12)9-10-1-3-11(4-2-10)16(23)24-25-18-14(21)7-8-15(18)22/h5-6,10-11H,1-4,7-9H2. The molecule has 1 saturated heterocycles. The van der Waals surface area contributed by atoms with E-state index in [1.165, 1.54) is 17.1 Å². The molecule has 9 heteroatoms. The molecule has 0 aromatic carbocycles. The highest BCUT2D eigenvalue weighted by Crippen LogP contribution is 2.31. The van der Waals surface area contributed by atoms with Gasteiger partial charge in [0.15, 0.2) is 0 Å². The first kappa shape index (κ1) is 17.3. The Bertz CT molecular complexity index is 615. The first-order valence-corrected chi connectivity index (χ1v) is 8.23. The van der Waals surface area contributed by atoms with Gasteiger partial charge in [0, 0.05) is 31.5 Å². The molecule has 2 heterocycles. The van der Waals surface area contributed by atoms with Crippen molar-refractivity contribution in [1.29, 1.82) is 0 Å². The van der Waals surface area contributed by atoms with E-state index in [4.69, 9.17) is 0 Å². The number of carbonyl (C=O) groups excluding carboxylic acids is 5. The average Bonchev–Trinajstić information content (AvgIpc) is 3.09. The van der Waals surface area contributed by atoms with Crippen molar-refractivity contribution in [1.82, 2.24) is 9.96 Å². The SMILES string of the molecule is O=C(OON1C(=O)CCC1=O)C1CCC(CN2C(=O)C=CC2=O)CC1. The zero-order valence-electron chi connectivity index (χ0n) is 13.5. The maximum Gasteiger partial charge on any atom is 0.348 e. The molecule has 0 bridgehead atoms. The second-order valence-electron chi connectivity index (χ2n) is 6.40. The summed E-state index contributed by atoms with van der Waals surface area (Å²) < 4.78 is 0. The van der Waals surface area contributed by atoms with Gasteiger partial charge in [0.05, 0.1) is 5.92 Å². The van der Waals surface area contributed by atoms with Crippen molar-refractivity contribution in [3.8, 4) is 0 Å². The molecule has 2 fully saturated rings. The van der Waals surface area contributed by atoms with Gasteiger partial charge in [-0.2, -0.15) is 0 Å². The van der Waals surface area contributed by atoms with E-state index in [-0.39, 0.29) is 30.6 Å². The Labute approximate surface area is 143 Å². The molecule has 0 spiro atoms. The molecule has 3 rings (SSSR count). The summed E-state index contributed by atoms with van der Waals surface area (Å²) in [5.74, 6) is -2.56. The van der Waals surface area contributed by atoms with Crippen LogP contribution in [0.25, 0.3) is 0 Å². The molecule has 1 aliphatic carbocycles. The number of hydrogen-bond donors (Lipinski definition) is 0. The number of amides is 4. The Balaban J connectivity index is 1.42. The summed E-state index contributed by atoms with van der Waals surface area (Å²) in [4.78, 5) is 68.3. The highest BCUT2D eigenvalue weighted by atomic mass is 17.3.